The summed E-state index contributed by atoms with van der Waals surface area (Å²) in [7, 11) is 2.24. The van der Waals surface area contributed by atoms with Crippen molar-refractivity contribution in [1.82, 2.24) is 4.90 Å². The Bertz CT molecular complexity index is 745. The normalized spacial score (nSPS) is 19.2. The minimum atomic E-state index is 0.693. The Morgan fingerprint density at radius 3 is 2.77 bits per heavy atom. The zero-order chi connectivity index (χ0) is 17.9. The SMILES string of the molecule is CN1CCC(N2CCCCc3cc(CC(=N)c4cccs4)ccc32)CC1. The van der Waals surface area contributed by atoms with Crippen LogP contribution in [0.3, 0.4) is 0 Å². The fraction of sp³-hybridized carbons (Fsp3) is 0.500. The van der Waals surface area contributed by atoms with E-state index in [0.29, 0.717) is 6.04 Å². The van der Waals surface area contributed by atoms with Crippen LogP contribution in [0.15, 0.2) is 35.7 Å². The molecule has 0 aliphatic carbocycles. The Hall–Kier alpha value is -1.65. The Morgan fingerprint density at radius 2 is 2.00 bits per heavy atom. The summed E-state index contributed by atoms with van der Waals surface area (Å²) in [5, 5.41) is 10.4. The van der Waals surface area contributed by atoms with E-state index >= 15 is 0 Å². The number of anilines is 1. The van der Waals surface area contributed by atoms with E-state index in [0.717, 1.165) is 17.0 Å². The van der Waals surface area contributed by atoms with Gasteiger partial charge in [0.2, 0.25) is 0 Å². The van der Waals surface area contributed by atoms with Crippen LogP contribution in [-0.4, -0.2) is 43.3 Å². The van der Waals surface area contributed by atoms with E-state index in [1.54, 1.807) is 11.3 Å². The molecule has 0 spiro atoms. The van der Waals surface area contributed by atoms with Crippen LogP contribution in [0.2, 0.25) is 0 Å². The molecule has 3 nitrogen and oxygen atoms in total. The van der Waals surface area contributed by atoms with E-state index < -0.39 is 0 Å². The first kappa shape index (κ1) is 17.7. The number of hydrogen-bond acceptors (Lipinski definition) is 4. The number of hydrogen-bond donors (Lipinski definition) is 1. The minimum Gasteiger partial charge on any atom is -0.368 e. The van der Waals surface area contributed by atoms with Crippen LogP contribution in [0, 0.1) is 5.41 Å². The molecule has 138 valence electrons. The molecule has 2 aromatic rings. The van der Waals surface area contributed by atoms with Gasteiger partial charge in [0.1, 0.15) is 0 Å². The van der Waals surface area contributed by atoms with Gasteiger partial charge in [0.25, 0.3) is 0 Å². The van der Waals surface area contributed by atoms with Crippen LogP contribution in [0.1, 0.15) is 41.7 Å². The second kappa shape index (κ2) is 7.93. The second-order valence-corrected chi connectivity index (χ2v) is 8.73. The molecule has 1 saturated heterocycles. The topological polar surface area (TPSA) is 30.3 Å². The monoisotopic (exact) mass is 367 g/mol. The number of rotatable bonds is 4. The van der Waals surface area contributed by atoms with Gasteiger partial charge in [-0.15, -0.1) is 11.3 Å². The third-order valence-electron chi connectivity index (χ3n) is 5.88. The minimum absolute atomic E-state index is 0.693. The quantitative estimate of drug-likeness (QED) is 0.801. The fourth-order valence-corrected chi connectivity index (χ4v) is 5.05. The van der Waals surface area contributed by atoms with Gasteiger partial charge < -0.3 is 15.2 Å². The molecule has 1 aromatic carbocycles. The average Bonchev–Trinajstić information content (AvgIpc) is 3.11. The smallest absolute Gasteiger partial charge is 0.0529 e. The van der Waals surface area contributed by atoms with Crippen molar-refractivity contribution in [2.24, 2.45) is 0 Å². The van der Waals surface area contributed by atoms with Gasteiger partial charge >= 0.3 is 0 Å². The zero-order valence-corrected chi connectivity index (χ0v) is 16.5. The number of fused-ring (bicyclic) bond motifs is 1. The molecule has 26 heavy (non-hydrogen) atoms. The van der Waals surface area contributed by atoms with Crippen LogP contribution in [0.4, 0.5) is 5.69 Å². The molecule has 0 unspecified atom stereocenters. The number of nitrogens with zero attached hydrogens (tertiary/aromatic N) is 2. The van der Waals surface area contributed by atoms with Crippen molar-refractivity contribution in [2.45, 2.75) is 44.6 Å². The van der Waals surface area contributed by atoms with Crippen molar-refractivity contribution in [3.8, 4) is 0 Å². The summed E-state index contributed by atoms with van der Waals surface area (Å²) in [6.45, 7) is 3.63. The maximum Gasteiger partial charge on any atom is 0.0529 e. The van der Waals surface area contributed by atoms with Crippen LogP contribution in [0.5, 0.6) is 0 Å². The summed E-state index contributed by atoms with van der Waals surface area (Å²) in [6, 6.07) is 11.8. The molecule has 2 aliphatic rings. The predicted molar refractivity (Wildman–Crippen MR) is 112 cm³/mol. The number of aryl methyl sites for hydroxylation is 1. The number of benzene rings is 1. The molecule has 1 aromatic heterocycles. The van der Waals surface area contributed by atoms with E-state index in [2.05, 4.69) is 46.5 Å². The van der Waals surface area contributed by atoms with Gasteiger partial charge in [0.05, 0.1) is 5.71 Å². The first-order chi connectivity index (χ1) is 12.7. The van der Waals surface area contributed by atoms with Crippen molar-refractivity contribution >= 4 is 22.7 Å². The largest absolute Gasteiger partial charge is 0.368 e. The molecule has 4 heteroatoms. The summed E-state index contributed by atoms with van der Waals surface area (Å²) in [6.07, 6.45) is 7.05. The van der Waals surface area contributed by atoms with Crippen molar-refractivity contribution in [2.75, 3.05) is 31.6 Å². The van der Waals surface area contributed by atoms with Crippen LogP contribution in [0.25, 0.3) is 0 Å². The van der Waals surface area contributed by atoms with E-state index in [-0.39, 0.29) is 0 Å². The number of nitrogens with one attached hydrogen (secondary N) is 1. The predicted octanol–water partition coefficient (Wildman–Crippen LogP) is 4.60. The molecular formula is C22H29N3S. The van der Waals surface area contributed by atoms with Gasteiger partial charge in [-0.25, -0.2) is 0 Å². The van der Waals surface area contributed by atoms with Crippen LogP contribution < -0.4 is 4.90 Å². The average molecular weight is 368 g/mol. The highest BCUT2D eigenvalue weighted by Crippen LogP contribution is 2.32. The second-order valence-electron chi connectivity index (χ2n) is 7.78. The Balaban J connectivity index is 1.54. The highest BCUT2D eigenvalue weighted by Gasteiger charge is 2.26. The molecule has 0 saturated carbocycles. The first-order valence-electron chi connectivity index (χ1n) is 9.89. The number of piperidine rings is 1. The maximum atomic E-state index is 8.38. The lowest BCUT2D eigenvalue weighted by Gasteiger charge is -2.39. The molecule has 0 amide bonds. The van der Waals surface area contributed by atoms with Gasteiger partial charge in [-0.2, -0.15) is 0 Å². The highest BCUT2D eigenvalue weighted by molar-refractivity contribution is 7.12. The van der Waals surface area contributed by atoms with Crippen molar-refractivity contribution < 1.29 is 0 Å². The van der Waals surface area contributed by atoms with Gasteiger partial charge in [0.15, 0.2) is 0 Å². The summed E-state index contributed by atoms with van der Waals surface area (Å²) < 4.78 is 0. The fourth-order valence-electron chi connectivity index (χ4n) is 4.37. The van der Waals surface area contributed by atoms with Gasteiger partial charge in [-0.3, -0.25) is 0 Å². The summed E-state index contributed by atoms with van der Waals surface area (Å²) >= 11 is 1.66. The van der Waals surface area contributed by atoms with E-state index in [9.17, 15) is 0 Å². The Labute approximate surface area is 161 Å². The third kappa shape index (κ3) is 3.86. The highest BCUT2D eigenvalue weighted by atomic mass is 32.1. The van der Waals surface area contributed by atoms with Crippen molar-refractivity contribution in [1.29, 1.82) is 5.41 Å². The molecule has 0 radical (unpaired) electrons. The number of thiophene rings is 1. The number of likely N-dealkylation sites (tertiary alicyclic amines) is 1. The zero-order valence-electron chi connectivity index (χ0n) is 15.7. The van der Waals surface area contributed by atoms with Gasteiger partial charge in [0, 0.05) is 29.6 Å². The Kier molecular flexibility index (Phi) is 5.41. The van der Waals surface area contributed by atoms with E-state index in [1.165, 1.54) is 68.6 Å². The van der Waals surface area contributed by atoms with Crippen molar-refractivity contribution in [3.63, 3.8) is 0 Å². The van der Waals surface area contributed by atoms with Gasteiger partial charge in [-0.1, -0.05) is 18.2 Å². The van der Waals surface area contributed by atoms with Crippen LogP contribution in [-0.2, 0) is 12.8 Å². The summed E-state index contributed by atoms with van der Waals surface area (Å²) in [4.78, 5) is 6.24. The molecule has 4 rings (SSSR count). The van der Waals surface area contributed by atoms with E-state index in [1.807, 2.05) is 6.07 Å². The molecule has 0 atom stereocenters. The molecule has 2 aliphatic heterocycles. The van der Waals surface area contributed by atoms with Crippen molar-refractivity contribution in [3.05, 3.63) is 51.7 Å². The molecule has 3 heterocycles. The Morgan fingerprint density at radius 1 is 1.15 bits per heavy atom. The summed E-state index contributed by atoms with van der Waals surface area (Å²) in [5.41, 5.74) is 4.98. The van der Waals surface area contributed by atoms with E-state index in [4.69, 9.17) is 5.41 Å². The molecule has 0 bridgehead atoms. The molecule has 1 N–H and O–H groups in total. The molecular weight excluding hydrogens is 338 g/mol. The maximum absolute atomic E-state index is 8.38. The lowest BCUT2D eigenvalue weighted by atomic mass is 9.98. The lowest BCUT2D eigenvalue weighted by molar-refractivity contribution is 0.249. The lowest BCUT2D eigenvalue weighted by Crippen LogP contribution is -2.44. The van der Waals surface area contributed by atoms with Gasteiger partial charge in [-0.05, 0) is 80.9 Å². The summed E-state index contributed by atoms with van der Waals surface area (Å²) in [5.74, 6) is 0. The third-order valence-corrected chi connectivity index (χ3v) is 6.81. The first-order valence-corrected chi connectivity index (χ1v) is 10.8. The standard InChI is InChI=1S/C22H29N3S/c1-24-12-9-19(10-13-24)25-11-3-2-5-18-15-17(7-8-21(18)25)16-20(23)22-6-4-14-26-22/h4,6-8,14-15,19,23H,2-3,5,9-13,16H2,1H3. The molecule has 1 fully saturated rings. The van der Waals surface area contributed by atoms with Crippen LogP contribution >= 0.6 is 11.3 Å².